The fourth-order valence-electron chi connectivity index (χ4n) is 2.76. The van der Waals surface area contributed by atoms with Crippen molar-refractivity contribution in [1.82, 2.24) is 20.4 Å². The molecule has 27 heavy (non-hydrogen) atoms. The average molecular weight is 362 g/mol. The van der Waals surface area contributed by atoms with Crippen molar-refractivity contribution in [3.05, 3.63) is 77.6 Å². The maximum Gasteiger partial charge on any atom is 0.251 e. The van der Waals surface area contributed by atoms with E-state index in [-0.39, 0.29) is 12.5 Å². The summed E-state index contributed by atoms with van der Waals surface area (Å²) in [5.74, 6) is 1.46. The molecule has 0 radical (unpaired) electrons. The highest BCUT2D eigenvalue weighted by Crippen LogP contribution is 2.16. The number of amides is 1. The van der Waals surface area contributed by atoms with Crippen LogP contribution in [0.5, 0.6) is 5.75 Å². The number of rotatable bonds is 6. The van der Waals surface area contributed by atoms with Crippen LogP contribution in [-0.4, -0.2) is 21.0 Å². The van der Waals surface area contributed by atoms with E-state index in [0.717, 1.165) is 16.6 Å². The first-order chi connectivity index (χ1) is 13.2. The summed E-state index contributed by atoms with van der Waals surface area (Å²) in [7, 11) is 0. The molecule has 136 valence electrons. The highest BCUT2D eigenvalue weighted by atomic mass is 16.5. The van der Waals surface area contributed by atoms with Gasteiger partial charge in [0.05, 0.1) is 6.54 Å². The molecule has 2 N–H and O–H groups in total. The molecule has 2 aromatic heterocycles. The van der Waals surface area contributed by atoms with Crippen LogP contribution in [0.25, 0.3) is 10.9 Å². The largest absolute Gasteiger partial charge is 0.485 e. The molecule has 2 heterocycles. The van der Waals surface area contributed by atoms with Gasteiger partial charge in [-0.1, -0.05) is 23.4 Å². The summed E-state index contributed by atoms with van der Waals surface area (Å²) in [6.07, 6.45) is 0. The summed E-state index contributed by atoms with van der Waals surface area (Å²) in [4.78, 5) is 19.7. The lowest BCUT2D eigenvalue weighted by molar-refractivity contribution is 0.0950. The van der Waals surface area contributed by atoms with Gasteiger partial charge in [-0.2, -0.15) is 4.98 Å². The summed E-state index contributed by atoms with van der Waals surface area (Å²) >= 11 is 0. The van der Waals surface area contributed by atoms with Crippen molar-refractivity contribution in [1.29, 1.82) is 0 Å². The fourth-order valence-corrected chi connectivity index (χ4v) is 2.76. The number of nitrogens with one attached hydrogen (secondary N) is 2. The highest BCUT2D eigenvalue weighted by Gasteiger charge is 2.08. The number of hydrogen-bond donors (Lipinski definition) is 2. The zero-order chi connectivity index (χ0) is 18.6. The first kappa shape index (κ1) is 16.8. The number of aromatic amines is 1. The Bertz CT molecular complexity index is 1030. The minimum Gasteiger partial charge on any atom is -0.485 e. The van der Waals surface area contributed by atoms with Crippen molar-refractivity contribution in [3.63, 3.8) is 0 Å². The van der Waals surface area contributed by atoms with E-state index in [1.807, 2.05) is 30.3 Å². The van der Waals surface area contributed by atoms with Crippen LogP contribution in [0.2, 0.25) is 0 Å². The van der Waals surface area contributed by atoms with Crippen molar-refractivity contribution < 1.29 is 14.1 Å². The Kier molecular flexibility index (Phi) is 4.57. The van der Waals surface area contributed by atoms with Crippen LogP contribution in [-0.2, 0) is 13.2 Å². The highest BCUT2D eigenvalue weighted by molar-refractivity contribution is 5.94. The maximum atomic E-state index is 12.3. The van der Waals surface area contributed by atoms with E-state index in [0.29, 0.717) is 29.6 Å². The molecule has 0 unspecified atom stereocenters. The minimum absolute atomic E-state index is 0.144. The second kappa shape index (κ2) is 7.33. The number of aromatic nitrogens is 3. The minimum atomic E-state index is -0.144. The number of benzene rings is 2. The normalized spacial score (nSPS) is 10.9. The number of aryl methyl sites for hydroxylation is 1. The number of carbonyl (C=O) groups is 1. The lowest BCUT2D eigenvalue weighted by Gasteiger charge is -2.06. The molecule has 0 bridgehead atoms. The van der Waals surface area contributed by atoms with E-state index >= 15 is 0 Å². The van der Waals surface area contributed by atoms with Gasteiger partial charge in [-0.15, -0.1) is 0 Å². The Labute approximate surface area is 155 Å². The first-order valence-corrected chi connectivity index (χ1v) is 8.54. The van der Waals surface area contributed by atoms with Gasteiger partial charge >= 0.3 is 0 Å². The molecule has 0 aliphatic heterocycles. The van der Waals surface area contributed by atoms with Crippen molar-refractivity contribution in [2.45, 2.75) is 20.1 Å². The molecular formula is C20H18N4O3. The number of nitrogens with zero attached hydrogens (tertiary/aromatic N) is 2. The van der Waals surface area contributed by atoms with Crippen molar-refractivity contribution in [3.8, 4) is 5.75 Å². The predicted octanol–water partition coefficient (Wildman–Crippen LogP) is 3.37. The van der Waals surface area contributed by atoms with Crippen LogP contribution in [0.1, 0.15) is 27.8 Å². The van der Waals surface area contributed by atoms with Crippen LogP contribution >= 0.6 is 0 Å². The predicted molar refractivity (Wildman–Crippen MR) is 99.3 cm³/mol. The van der Waals surface area contributed by atoms with Gasteiger partial charge in [0.1, 0.15) is 5.75 Å². The Morgan fingerprint density at radius 2 is 2.00 bits per heavy atom. The van der Waals surface area contributed by atoms with Crippen LogP contribution in [0.3, 0.4) is 0 Å². The molecule has 1 amide bonds. The molecular weight excluding hydrogens is 344 g/mol. The topological polar surface area (TPSA) is 93.0 Å². The zero-order valence-corrected chi connectivity index (χ0v) is 14.7. The Hall–Kier alpha value is -3.61. The number of para-hydroxylation sites is 1. The third-order valence-corrected chi connectivity index (χ3v) is 4.08. The molecule has 0 aliphatic rings. The second-order valence-electron chi connectivity index (χ2n) is 6.11. The monoisotopic (exact) mass is 362 g/mol. The molecule has 7 nitrogen and oxygen atoms in total. The van der Waals surface area contributed by atoms with Gasteiger partial charge in [-0.05, 0) is 41.8 Å². The van der Waals surface area contributed by atoms with Gasteiger partial charge < -0.3 is 19.6 Å². The molecule has 0 aliphatic carbocycles. The first-order valence-electron chi connectivity index (χ1n) is 8.54. The molecule has 0 spiro atoms. The lowest BCUT2D eigenvalue weighted by Crippen LogP contribution is -2.22. The average Bonchev–Trinajstić information content (AvgIpc) is 3.30. The summed E-state index contributed by atoms with van der Waals surface area (Å²) in [5, 5.41) is 7.81. The van der Waals surface area contributed by atoms with Crippen LogP contribution in [0.15, 0.2) is 59.1 Å². The Morgan fingerprint density at radius 1 is 1.19 bits per heavy atom. The van der Waals surface area contributed by atoms with Gasteiger partial charge in [0.25, 0.3) is 5.91 Å². The van der Waals surface area contributed by atoms with E-state index in [4.69, 9.17) is 9.26 Å². The van der Waals surface area contributed by atoms with Crippen LogP contribution < -0.4 is 10.1 Å². The smallest absolute Gasteiger partial charge is 0.251 e. The Morgan fingerprint density at radius 3 is 2.74 bits per heavy atom. The van der Waals surface area contributed by atoms with Crippen molar-refractivity contribution in [2.24, 2.45) is 0 Å². The Balaban J connectivity index is 1.33. The standard InChI is InChI=1S/C20H18N4O3/c1-13-22-19(24-27-13)12-26-17-8-6-14(7-9-17)20(25)21-11-16-10-15-4-2-3-5-18(15)23-16/h2-10,23H,11-12H2,1H3,(H,21,25). The molecule has 7 heteroatoms. The van der Waals surface area contributed by atoms with Crippen LogP contribution in [0.4, 0.5) is 0 Å². The van der Waals surface area contributed by atoms with Gasteiger partial charge in [-0.25, -0.2) is 0 Å². The second-order valence-corrected chi connectivity index (χ2v) is 6.11. The van der Waals surface area contributed by atoms with E-state index in [2.05, 4.69) is 20.4 Å². The van der Waals surface area contributed by atoms with Crippen molar-refractivity contribution >= 4 is 16.8 Å². The zero-order valence-electron chi connectivity index (χ0n) is 14.7. The third-order valence-electron chi connectivity index (χ3n) is 4.08. The summed E-state index contributed by atoms with van der Waals surface area (Å²) in [6, 6.07) is 17.0. The number of ether oxygens (including phenoxy) is 1. The van der Waals surface area contributed by atoms with Gasteiger partial charge in [0.2, 0.25) is 11.7 Å². The summed E-state index contributed by atoms with van der Waals surface area (Å²) in [5.41, 5.74) is 2.58. The number of hydrogen-bond acceptors (Lipinski definition) is 5. The summed E-state index contributed by atoms with van der Waals surface area (Å²) < 4.78 is 10.5. The quantitative estimate of drug-likeness (QED) is 0.548. The number of carbonyl (C=O) groups excluding carboxylic acids is 1. The fraction of sp³-hybridized carbons (Fsp3) is 0.150. The van der Waals surface area contributed by atoms with E-state index < -0.39 is 0 Å². The van der Waals surface area contributed by atoms with E-state index in [1.54, 1.807) is 31.2 Å². The van der Waals surface area contributed by atoms with E-state index in [9.17, 15) is 4.79 Å². The lowest BCUT2D eigenvalue weighted by atomic mass is 10.2. The van der Waals surface area contributed by atoms with Gasteiger partial charge in [0, 0.05) is 23.7 Å². The van der Waals surface area contributed by atoms with Crippen LogP contribution in [0, 0.1) is 6.92 Å². The number of H-pyrrole nitrogens is 1. The molecule has 2 aromatic carbocycles. The summed E-state index contributed by atoms with van der Waals surface area (Å²) in [6.45, 7) is 2.37. The molecule has 4 aromatic rings. The van der Waals surface area contributed by atoms with Gasteiger partial charge in [0.15, 0.2) is 6.61 Å². The SMILES string of the molecule is Cc1nc(COc2ccc(C(=O)NCc3cc4ccccc4[nH]3)cc2)no1. The molecule has 0 fully saturated rings. The van der Waals surface area contributed by atoms with Gasteiger partial charge in [-0.3, -0.25) is 4.79 Å². The number of fused-ring (bicyclic) bond motifs is 1. The molecule has 0 saturated carbocycles. The molecule has 4 rings (SSSR count). The van der Waals surface area contributed by atoms with Crippen molar-refractivity contribution in [2.75, 3.05) is 0 Å². The maximum absolute atomic E-state index is 12.3. The van der Waals surface area contributed by atoms with E-state index in [1.165, 1.54) is 0 Å². The third kappa shape index (κ3) is 3.98. The molecule has 0 atom stereocenters. The molecule has 0 saturated heterocycles.